The second-order valence-electron chi connectivity index (χ2n) is 4.72. The second-order valence-corrected chi connectivity index (χ2v) is 4.72. The number of hydrogen-bond acceptors (Lipinski definition) is 6. The molecule has 0 aliphatic rings. The Morgan fingerprint density at radius 3 is 2.52 bits per heavy atom. The van der Waals surface area contributed by atoms with E-state index in [9.17, 15) is 10.1 Å². The average Bonchev–Trinajstić information content (AvgIpc) is 2.49. The van der Waals surface area contributed by atoms with E-state index in [0.29, 0.717) is 29.0 Å². The van der Waals surface area contributed by atoms with Crippen molar-refractivity contribution in [3.05, 3.63) is 28.6 Å². The number of nitro groups is 1. The van der Waals surface area contributed by atoms with Crippen molar-refractivity contribution in [3.63, 3.8) is 0 Å². The van der Waals surface area contributed by atoms with Gasteiger partial charge < -0.3 is 10.6 Å². The molecule has 2 aromatic rings. The standard InChI is InChI=1S/C14H19N5O2/c1-3-5-15-12-8-11-10(7-13(12)19(20)21)14(16-6-4-2)18-9-17-11/h7-9,15H,3-6H2,1-2H3,(H,16,17,18). The molecule has 0 bridgehead atoms. The normalized spacial score (nSPS) is 10.6. The summed E-state index contributed by atoms with van der Waals surface area (Å²) in [5.41, 5.74) is 1.23. The molecule has 0 radical (unpaired) electrons. The number of fused-ring (bicyclic) bond motifs is 1. The van der Waals surface area contributed by atoms with Crippen LogP contribution in [0.15, 0.2) is 18.5 Å². The van der Waals surface area contributed by atoms with Crippen molar-refractivity contribution in [2.45, 2.75) is 26.7 Å². The number of hydrogen-bond donors (Lipinski definition) is 2. The van der Waals surface area contributed by atoms with Crippen molar-refractivity contribution in [2.75, 3.05) is 23.7 Å². The van der Waals surface area contributed by atoms with Crippen LogP contribution in [0, 0.1) is 10.1 Å². The Kier molecular flexibility index (Phi) is 4.86. The van der Waals surface area contributed by atoms with Crippen LogP contribution in [0.25, 0.3) is 10.9 Å². The molecule has 1 aromatic carbocycles. The quantitative estimate of drug-likeness (QED) is 0.600. The highest BCUT2D eigenvalue weighted by Gasteiger charge is 2.17. The molecule has 0 unspecified atom stereocenters. The minimum atomic E-state index is -0.381. The van der Waals surface area contributed by atoms with Crippen molar-refractivity contribution in [2.24, 2.45) is 0 Å². The molecule has 21 heavy (non-hydrogen) atoms. The molecule has 7 heteroatoms. The van der Waals surface area contributed by atoms with Crippen molar-refractivity contribution in [1.29, 1.82) is 0 Å². The molecule has 0 fully saturated rings. The number of benzene rings is 1. The number of nitrogens with zero attached hydrogens (tertiary/aromatic N) is 3. The fourth-order valence-electron chi connectivity index (χ4n) is 2.03. The van der Waals surface area contributed by atoms with Crippen LogP contribution >= 0.6 is 0 Å². The molecule has 2 rings (SSSR count). The molecule has 0 saturated carbocycles. The van der Waals surface area contributed by atoms with Gasteiger partial charge in [-0.25, -0.2) is 9.97 Å². The average molecular weight is 289 g/mol. The maximum Gasteiger partial charge on any atom is 0.293 e. The molecule has 0 spiro atoms. The van der Waals surface area contributed by atoms with E-state index in [-0.39, 0.29) is 10.6 Å². The van der Waals surface area contributed by atoms with Crippen LogP contribution < -0.4 is 10.6 Å². The lowest BCUT2D eigenvalue weighted by atomic mass is 10.1. The molecule has 0 amide bonds. The van der Waals surface area contributed by atoms with E-state index in [1.54, 1.807) is 6.07 Å². The van der Waals surface area contributed by atoms with Gasteiger partial charge in [-0.15, -0.1) is 0 Å². The molecule has 0 atom stereocenters. The smallest absolute Gasteiger partial charge is 0.293 e. The van der Waals surface area contributed by atoms with Crippen LogP contribution in [0.4, 0.5) is 17.2 Å². The third kappa shape index (κ3) is 3.36. The Morgan fingerprint density at radius 2 is 1.86 bits per heavy atom. The lowest BCUT2D eigenvalue weighted by molar-refractivity contribution is -0.383. The third-order valence-electron chi connectivity index (χ3n) is 3.06. The zero-order valence-electron chi connectivity index (χ0n) is 12.2. The fourth-order valence-corrected chi connectivity index (χ4v) is 2.03. The van der Waals surface area contributed by atoms with Crippen LogP contribution in [0.3, 0.4) is 0 Å². The van der Waals surface area contributed by atoms with Gasteiger partial charge in [0.1, 0.15) is 17.8 Å². The third-order valence-corrected chi connectivity index (χ3v) is 3.06. The first-order chi connectivity index (χ1) is 10.2. The summed E-state index contributed by atoms with van der Waals surface area (Å²) in [6.07, 6.45) is 3.31. The summed E-state index contributed by atoms with van der Waals surface area (Å²) in [5, 5.41) is 18.2. The first-order valence-electron chi connectivity index (χ1n) is 7.08. The van der Waals surface area contributed by atoms with Gasteiger partial charge in [0.15, 0.2) is 0 Å². The maximum absolute atomic E-state index is 11.3. The molecule has 0 aliphatic heterocycles. The first-order valence-corrected chi connectivity index (χ1v) is 7.08. The van der Waals surface area contributed by atoms with Crippen LogP contribution in [-0.4, -0.2) is 28.0 Å². The predicted octanol–water partition coefficient (Wildman–Crippen LogP) is 3.18. The van der Waals surface area contributed by atoms with E-state index in [1.165, 1.54) is 12.4 Å². The lowest BCUT2D eigenvalue weighted by Gasteiger charge is -2.10. The van der Waals surface area contributed by atoms with Crippen molar-refractivity contribution in [3.8, 4) is 0 Å². The van der Waals surface area contributed by atoms with E-state index >= 15 is 0 Å². The van der Waals surface area contributed by atoms with Crippen LogP contribution in [0.2, 0.25) is 0 Å². The van der Waals surface area contributed by atoms with Gasteiger partial charge >= 0.3 is 0 Å². The summed E-state index contributed by atoms with van der Waals surface area (Å²) in [7, 11) is 0. The zero-order chi connectivity index (χ0) is 15.2. The van der Waals surface area contributed by atoms with Crippen molar-refractivity contribution in [1.82, 2.24) is 9.97 Å². The van der Waals surface area contributed by atoms with Crippen LogP contribution in [0.5, 0.6) is 0 Å². The summed E-state index contributed by atoms with van der Waals surface area (Å²) >= 11 is 0. The van der Waals surface area contributed by atoms with Crippen molar-refractivity contribution >= 4 is 28.1 Å². The van der Waals surface area contributed by atoms with Gasteiger partial charge in [0, 0.05) is 24.5 Å². The van der Waals surface area contributed by atoms with Gasteiger partial charge in [-0.2, -0.15) is 0 Å². The minimum Gasteiger partial charge on any atom is -0.379 e. The number of anilines is 2. The highest BCUT2D eigenvalue weighted by molar-refractivity contribution is 5.94. The molecule has 1 aromatic heterocycles. The maximum atomic E-state index is 11.3. The van der Waals surface area contributed by atoms with Crippen LogP contribution in [-0.2, 0) is 0 Å². The zero-order valence-corrected chi connectivity index (χ0v) is 12.2. The highest BCUT2D eigenvalue weighted by atomic mass is 16.6. The minimum absolute atomic E-state index is 0.0466. The van der Waals surface area contributed by atoms with Gasteiger partial charge in [-0.3, -0.25) is 10.1 Å². The summed E-state index contributed by atoms with van der Waals surface area (Å²) < 4.78 is 0. The molecule has 7 nitrogen and oxygen atoms in total. The number of nitrogens with one attached hydrogen (secondary N) is 2. The lowest BCUT2D eigenvalue weighted by Crippen LogP contribution is -2.06. The molecular formula is C14H19N5O2. The summed E-state index contributed by atoms with van der Waals surface area (Å²) in [5.74, 6) is 0.631. The van der Waals surface area contributed by atoms with E-state index in [2.05, 4.69) is 20.6 Å². The molecule has 1 heterocycles. The van der Waals surface area contributed by atoms with E-state index in [1.807, 2.05) is 13.8 Å². The summed E-state index contributed by atoms with van der Waals surface area (Å²) in [4.78, 5) is 19.3. The van der Waals surface area contributed by atoms with Gasteiger partial charge in [-0.1, -0.05) is 13.8 Å². The van der Waals surface area contributed by atoms with E-state index < -0.39 is 0 Å². The Balaban J connectivity index is 2.52. The Labute approximate surface area is 122 Å². The second kappa shape index (κ2) is 6.83. The SMILES string of the molecule is CCCNc1cc2ncnc(NCCC)c2cc1[N+](=O)[O-]. The first kappa shape index (κ1) is 15.0. The number of rotatable bonds is 7. The molecular weight excluding hydrogens is 270 g/mol. The summed E-state index contributed by atoms with van der Waals surface area (Å²) in [6.45, 7) is 5.49. The Bertz CT molecular complexity index is 645. The predicted molar refractivity (Wildman–Crippen MR) is 83.8 cm³/mol. The van der Waals surface area contributed by atoms with E-state index in [4.69, 9.17) is 0 Å². The number of nitro benzene ring substituents is 1. The number of aromatic nitrogens is 2. The largest absolute Gasteiger partial charge is 0.379 e. The molecule has 2 N–H and O–H groups in total. The monoisotopic (exact) mass is 289 g/mol. The molecule has 112 valence electrons. The van der Waals surface area contributed by atoms with Gasteiger partial charge in [-0.05, 0) is 18.9 Å². The Hall–Kier alpha value is -2.44. The topological polar surface area (TPSA) is 93.0 Å². The summed E-state index contributed by atoms with van der Waals surface area (Å²) in [6, 6.07) is 3.24. The van der Waals surface area contributed by atoms with Gasteiger partial charge in [0.25, 0.3) is 5.69 Å². The fraction of sp³-hybridized carbons (Fsp3) is 0.429. The van der Waals surface area contributed by atoms with Crippen molar-refractivity contribution < 1.29 is 4.92 Å². The van der Waals surface area contributed by atoms with Gasteiger partial charge in [0.05, 0.1) is 10.4 Å². The van der Waals surface area contributed by atoms with Crippen LogP contribution in [0.1, 0.15) is 26.7 Å². The highest BCUT2D eigenvalue weighted by Crippen LogP contribution is 2.31. The Morgan fingerprint density at radius 1 is 1.14 bits per heavy atom. The molecule has 0 aliphatic carbocycles. The van der Waals surface area contributed by atoms with E-state index in [0.717, 1.165) is 19.4 Å². The van der Waals surface area contributed by atoms with Gasteiger partial charge in [0.2, 0.25) is 0 Å². The molecule has 0 saturated heterocycles.